The zero-order chi connectivity index (χ0) is 20.4. The first-order valence-corrected chi connectivity index (χ1v) is 9.45. The minimum Gasteiger partial charge on any atom is -0.368 e. The summed E-state index contributed by atoms with van der Waals surface area (Å²) < 4.78 is 27.7. The van der Waals surface area contributed by atoms with Crippen LogP contribution in [0.2, 0.25) is 0 Å². The van der Waals surface area contributed by atoms with E-state index in [4.69, 9.17) is 0 Å². The van der Waals surface area contributed by atoms with Crippen molar-refractivity contribution in [1.29, 1.82) is 0 Å². The van der Waals surface area contributed by atoms with Crippen LogP contribution in [0, 0.1) is 5.82 Å². The third-order valence-corrected chi connectivity index (χ3v) is 5.09. The molecule has 1 aliphatic rings. The van der Waals surface area contributed by atoms with Crippen molar-refractivity contribution in [1.82, 2.24) is 25.0 Å². The third-order valence-electron chi connectivity index (χ3n) is 5.09. The lowest BCUT2D eigenvalue weighted by molar-refractivity contribution is 0.0491. The maximum absolute atomic E-state index is 14.8. The van der Waals surface area contributed by atoms with Gasteiger partial charge in [0.15, 0.2) is 5.82 Å². The van der Waals surface area contributed by atoms with Crippen LogP contribution in [0.3, 0.4) is 0 Å². The van der Waals surface area contributed by atoms with Crippen molar-refractivity contribution < 1.29 is 8.87 Å². The Morgan fingerprint density at radius 2 is 1.90 bits per heavy atom. The molecule has 0 unspecified atom stereocenters. The number of anilines is 1. The number of hydrogen-bond acceptors (Lipinski definition) is 6. The number of benzene rings is 1. The molecule has 1 saturated heterocycles. The Morgan fingerprint density at radius 1 is 1.10 bits per heavy atom. The molecule has 0 aliphatic carbocycles. The molecule has 0 radical (unpaired) electrons. The molecule has 9 heteroatoms. The van der Waals surface area contributed by atoms with E-state index in [-0.39, 0.29) is 12.1 Å². The molecular weight excluding hydrogens is 378 g/mol. The van der Waals surface area contributed by atoms with Crippen molar-refractivity contribution in [3.8, 4) is 0 Å². The first-order valence-electron chi connectivity index (χ1n) is 9.45. The highest BCUT2D eigenvalue weighted by molar-refractivity contribution is 5.75. The number of nitrogens with one attached hydrogen (secondary N) is 1. The minimum atomic E-state index is -0.423. The number of piperazine rings is 1. The monoisotopic (exact) mass is 400 g/mol. The molecule has 3 heterocycles. The van der Waals surface area contributed by atoms with Crippen LogP contribution in [0.1, 0.15) is 11.3 Å². The number of H-pyrrole nitrogens is 1. The molecule has 1 aromatic carbocycles. The highest BCUT2D eigenvalue weighted by Crippen LogP contribution is 2.20. The minimum absolute atomic E-state index is 0.152. The molecule has 0 bridgehead atoms. The van der Waals surface area contributed by atoms with Gasteiger partial charge in [-0.05, 0) is 18.2 Å². The van der Waals surface area contributed by atoms with Crippen LogP contribution < -0.4 is 10.5 Å². The van der Waals surface area contributed by atoms with Crippen LogP contribution in [0.15, 0.2) is 41.5 Å². The Bertz CT molecular complexity index is 1050. The van der Waals surface area contributed by atoms with Gasteiger partial charge in [0, 0.05) is 45.3 Å². The average molecular weight is 400 g/mol. The summed E-state index contributed by atoms with van der Waals surface area (Å²) in [5, 5.41) is 0.596. The van der Waals surface area contributed by atoms with Crippen molar-refractivity contribution in [3.63, 3.8) is 0 Å². The van der Waals surface area contributed by atoms with Crippen molar-refractivity contribution in [2.24, 2.45) is 0 Å². The van der Waals surface area contributed by atoms with Crippen LogP contribution in [-0.4, -0.2) is 58.2 Å². The van der Waals surface area contributed by atoms with E-state index in [0.717, 1.165) is 38.1 Å². The van der Waals surface area contributed by atoms with E-state index >= 15 is 0 Å². The highest BCUT2D eigenvalue weighted by atomic mass is 19.2. The summed E-state index contributed by atoms with van der Waals surface area (Å²) in [6.07, 6.45) is 2.92. The number of hydrogen-bond donors (Lipinski definition) is 1. The van der Waals surface area contributed by atoms with Crippen LogP contribution in [0.4, 0.5) is 14.6 Å². The molecule has 0 amide bonds. The lowest BCUT2D eigenvalue weighted by Gasteiger charge is -2.36. The SMILES string of the molecule is CN(F)Cc1ccc(N2CCN(Cc3ccc4ncc(=O)[nH]c4c3F)CC2)cn1. The highest BCUT2D eigenvalue weighted by Gasteiger charge is 2.19. The zero-order valence-corrected chi connectivity index (χ0v) is 16.1. The summed E-state index contributed by atoms with van der Waals surface area (Å²) in [5.74, 6) is -0.423. The molecular formula is C20H22F2N6O. The van der Waals surface area contributed by atoms with Gasteiger partial charge in [0.05, 0.1) is 35.8 Å². The Labute approximate surface area is 166 Å². The summed E-state index contributed by atoms with van der Waals surface area (Å²) in [7, 11) is 1.36. The summed E-state index contributed by atoms with van der Waals surface area (Å²) >= 11 is 0. The van der Waals surface area contributed by atoms with E-state index in [9.17, 15) is 13.7 Å². The van der Waals surface area contributed by atoms with Gasteiger partial charge < -0.3 is 9.88 Å². The fraction of sp³-hybridized carbons (Fsp3) is 0.350. The number of nitrogens with zero attached hydrogens (tertiary/aromatic N) is 5. The normalized spacial score (nSPS) is 15.4. The molecule has 3 aromatic rings. The summed E-state index contributed by atoms with van der Waals surface area (Å²) in [6.45, 7) is 3.75. The maximum Gasteiger partial charge on any atom is 0.266 e. The number of pyridine rings is 1. The van der Waals surface area contributed by atoms with E-state index in [0.29, 0.717) is 28.4 Å². The standard InChI is InChI=1S/C20H22F2N6O/c1-26(22)13-15-3-4-16(10-23-15)28-8-6-27(7-9-28)12-14-2-5-17-20(19(14)21)25-18(29)11-24-17/h2-5,10-11H,6-9,12-13H2,1H3,(H,25,29). The molecule has 2 aromatic heterocycles. The topological polar surface area (TPSA) is 68.4 Å². The first-order chi connectivity index (χ1) is 14.0. The van der Waals surface area contributed by atoms with Gasteiger partial charge >= 0.3 is 0 Å². The molecule has 7 nitrogen and oxygen atoms in total. The van der Waals surface area contributed by atoms with Crippen molar-refractivity contribution in [2.45, 2.75) is 13.1 Å². The van der Waals surface area contributed by atoms with Gasteiger partial charge in [0.25, 0.3) is 5.56 Å². The number of rotatable bonds is 5. The van der Waals surface area contributed by atoms with Crippen LogP contribution in [0.25, 0.3) is 11.0 Å². The number of aromatic nitrogens is 3. The fourth-order valence-corrected chi connectivity index (χ4v) is 3.57. The second-order valence-corrected chi connectivity index (χ2v) is 7.21. The lowest BCUT2D eigenvalue weighted by Crippen LogP contribution is -2.46. The van der Waals surface area contributed by atoms with E-state index in [2.05, 4.69) is 24.8 Å². The maximum atomic E-state index is 14.8. The van der Waals surface area contributed by atoms with Gasteiger partial charge in [0.2, 0.25) is 0 Å². The Kier molecular flexibility index (Phi) is 5.50. The molecule has 29 heavy (non-hydrogen) atoms. The number of fused-ring (bicyclic) bond motifs is 1. The Balaban J connectivity index is 1.39. The van der Waals surface area contributed by atoms with Gasteiger partial charge in [0.1, 0.15) is 5.52 Å². The number of halogens is 2. The molecule has 1 aliphatic heterocycles. The van der Waals surface area contributed by atoms with E-state index in [1.165, 1.54) is 7.05 Å². The molecule has 0 saturated carbocycles. The third kappa shape index (κ3) is 4.41. The van der Waals surface area contributed by atoms with Crippen molar-refractivity contribution in [3.05, 3.63) is 64.1 Å². The van der Waals surface area contributed by atoms with Crippen molar-refractivity contribution in [2.75, 3.05) is 38.1 Å². The van der Waals surface area contributed by atoms with Gasteiger partial charge in [-0.3, -0.25) is 14.7 Å². The quantitative estimate of drug-likeness (QED) is 0.662. The van der Waals surface area contributed by atoms with Gasteiger partial charge in [-0.15, -0.1) is 9.60 Å². The lowest BCUT2D eigenvalue weighted by atomic mass is 10.1. The van der Waals surface area contributed by atoms with Crippen LogP contribution >= 0.6 is 0 Å². The van der Waals surface area contributed by atoms with E-state index in [1.807, 2.05) is 12.1 Å². The zero-order valence-electron chi connectivity index (χ0n) is 16.1. The Hall–Kier alpha value is -2.91. The molecule has 0 atom stereocenters. The second kappa shape index (κ2) is 8.22. The number of aromatic amines is 1. The van der Waals surface area contributed by atoms with Gasteiger partial charge in [-0.1, -0.05) is 6.07 Å². The summed E-state index contributed by atoms with van der Waals surface area (Å²) in [4.78, 5) is 26.6. The summed E-state index contributed by atoms with van der Waals surface area (Å²) in [5.41, 5.74) is 2.38. The van der Waals surface area contributed by atoms with Gasteiger partial charge in [-0.25, -0.2) is 9.37 Å². The molecule has 1 fully saturated rings. The van der Waals surface area contributed by atoms with E-state index < -0.39 is 11.4 Å². The average Bonchev–Trinajstić information content (AvgIpc) is 2.71. The fourth-order valence-electron chi connectivity index (χ4n) is 3.57. The van der Waals surface area contributed by atoms with Crippen LogP contribution in [0.5, 0.6) is 0 Å². The summed E-state index contributed by atoms with van der Waals surface area (Å²) in [6, 6.07) is 7.23. The first kappa shape index (κ1) is 19.4. The smallest absolute Gasteiger partial charge is 0.266 e. The molecule has 152 valence electrons. The van der Waals surface area contributed by atoms with Gasteiger partial charge in [-0.2, -0.15) is 0 Å². The second-order valence-electron chi connectivity index (χ2n) is 7.21. The predicted molar refractivity (Wildman–Crippen MR) is 107 cm³/mol. The molecule has 0 spiro atoms. The largest absolute Gasteiger partial charge is 0.368 e. The Morgan fingerprint density at radius 3 is 2.59 bits per heavy atom. The van der Waals surface area contributed by atoms with E-state index in [1.54, 1.807) is 18.3 Å². The molecule has 4 rings (SSSR count). The molecule has 1 N–H and O–H groups in total. The predicted octanol–water partition coefficient (Wildman–Crippen LogP) is 2.10. The van der Waals surface area contributed by atoms with Crippen molar-refractivity contribution >= 4 is 16.7 Å². The van der Waals surface area contributed by atoms with Crippen LogP contribution in [-0.2, 0) is 13.1 Å².